The van der Waals surface area contributed by atoms with Crippen LogP contribution in [0.2, 0.25) is 0 Å². The highest BCUT2D eigenvalue weighted by Crippen LogP contribution is 2.58. The Morgan fingerprint density at radius 3 is 2.16 bits per heavy atom. The van der Waals surface area contributed by atoms with Crippen molar-refractivity contribution in [1.29, 1.82) is 21.0 Å². The molecule has 0 bridgehead atoms. The van der Waals surface area contributed by atoms with Gasteiger partial charge in [0.15, 0.2) is 10.8 Å². The smallest absolute Gasteiger partial charge is 0.168 e. The van der Waals surface area contributed by atoms with Gasteiger partial charge in [0, 0.05) is 24.7 Å². The van der Waals surface area contributed by atoms with Gasteiger partial charge in [-0.3, -0.25) is 0 Å². The quantitative estimate of drug-likeness (QED) is 0.166. The molecule has 0 aromatic heterocycles. The Balaban J connectivity index is 1.33. The van der Waals surface area contributed by atoms with E-state index in [1.807, 2.05) is 31.2 Å². The van der Waals surface area contributed by atoms with Crippen LogP contribution in [0.4, 0.5) is 4.39 Å². The first-order valence-corrected chi connectivity index (χ1v) is 18.6. The first kappa shape index (κ1) is 34.9. The van der Waals surface area contributed by atoms with E-state index in [1.165, 1.54) is 5.56 Å². The molecule has 0 radical (unpaired) electrons. The number of alkyl halides is 2. The number of allylic oxidation sites excluding steroid dienone is 8. The SMILES string of the molecule is CCCC1(F)CC=C2C(C1)[C@](I)(c1ccc(CC3(C)C=C4C(CC3)C(c3ccccc3)C=CCC4(C#N)C#N)cc1)C=CCC2(C#N)C#N. The van der Waals surface area contributed by atoms with E-state index in [-0.39, 0.29) is 36.0 Å². The van der Waals surface area contributed by atoms with E-state index in [1.54, 1.807) is 0 Å². The fourth-order valence-electron chi connectivity index (χ4n) is 9.08. The summed E-state index contributed by atoms with van der Waals surface area (Å²) in [5.74, 6) is -0.127. The lowest BCUT2D eigenvalue weighted by Crippen LogP contribution is -2.41. The fourth-order valence-corrected chi connectivity index (χ4v) is 10.2. The second-order valence-electron chi connectivity index (χ2n) is 15.0. The van der Waals surface area contributed by atoms with Crippen molar-refractivity contribution in [2.45, 2.75) is 86.6 Å². The molecule has 6 heteroatoms. The molecule has 0 heterocycles. The molecule has 0 aliphatic heterocycles. The average Bonchev–Trinajstić information content (AvgIpc) is 3.35. The minimum absolute atomic E-state index is 0.0822. The third-order valence-electron chi connectivity index (χ3n) is 11.7. The highest BCUT2D eigenvalue weighted by molar-refractivity contribution is 14.1. The highest BCUT2D eigenvalue weighted by Gasteiger charge is 2.53. The Kier molecular flexibility index (Phi) is 9.52. The molecule has 4 aliphatic rings. The van der Waals surface area contributed by atoms with Gasteiger partial charge in [-0.05, 0) is 77.7 Å². The van der Waals surface area contributed by atoms with Gasteiger partial charge >= 0.3 is 0 Å². The van der Waals surface area contributed by atoms with Crippen molar-refractivity contribution < 1.29 is 4.39 Å². The molecule has 5 unspecified atom stereocenters. The fraction of sp³-hybridized carbons (Fsp3) is 0.442. The van der Waals surface area contributed by atoms with E-state index in [9.17, 15) is 21.0 Å². The van der Waals surface area contributed by atoms with E-state index in [2.05, 4.69) is 121 Å². The lowest BCUT2D eigenvalue weighted by Gasteiger charge is -2.44. The number of hydrogen-bond donors (Lipinski definition) is 0. The van der Waals surface area contributed by atoms with Crippen LogP contribution in [-0.4, -0.2) is 5.67 Å². The number of nitrogens with zero attached hydrogens (tertiary/aromatic N) is 4. The molecule has 0 N–H and O–H groups in total. The minimum Gasteiger partial charge on any atom is -0.244 e. The zero-order chi connectivity index (χ0) is 34.9. The average molecular weight is 761 g/mol. The normalized spacial score (nSPS) is 32.6. The van der Waals surface area contributed by atoms with Gasteiger partial charge in [-0.25, -0.2) is 4.39 Å². The van der Waals surface area contributed by atoms with Crippen molar-refractivity contribution in [1.82, 2.24) is 0 Å². The summed E-state index contributed by atoms with van der Waals surface area (Å²) in [6, 6.07) is 28.4. The zero-order valence-corrected chi connectivity index (χ0v) is 30.5. The molecule has 6 atom stereocenters. The summed E-state index contributed by atoms with van der Waals surface area (Å²) in [4.78, 5) is 0. The van der Waals surface area contributed by atoms with Crippen LogP contribution >= 0.6 is 22.6 Å². The number of benzene rings is 2. The standard InChI is InChI=1S/C43H42FIN4/c1-3-18-42(44)23-17-36-38(26-42)43(45,21-8-20-40(36,27-46)28-47)33-14-12-31(13-15-33)24-39(2)22-16-35-34(32-9-5-4-6-10-32)11-7-19-41(29-48,30-49)37(35)25-39/h4-15,17,21,25,34-35,38H,3,16,18-20,22-24,26H2,1-2H3/t34?,35?,38?,39?,42?,43-/m1/s1. The van der Waals surface area contributed by atoms with Gasteiger partial charge < -0.3 is 0 Å². The first-order chi connectivity index (χ1) is 23.5. The summed E-state index contributed by atoms with van der Waals surface area (Å²) in [5, 5.41) is 41.3. The van der Waals surface area contributed by atoms with Crippen molar-refractivity contribution in [3.8, 4) is 24.3 Å². The molecule has 2 aromatic rings. The molecule has 49 heavy (non-hydrogen) atoms. The number of nitriles is 4. The number of rotatable bonds is 6. The number of fused-ring (bicyclic) bond motifs is 2. The van der Waals surface area contributed by atoms with Crippen LogP contribution in [-0.2, 0) is 9.84 Å². The molecule has 4 nitrogen and oxygen atoms in total. The third kappa shape index (κ3) is 6.19. The molecule has 6 rings (SSSR count). The summed E-state index contributed by atoms with van der Waals surface area (Å²) < 4.78 is 15.6. The Morgan fingerprint density at radius 1 is 0.857 bits per heavy atom. The maximum atomic E-state index is 16.2. The predicted octanol–water partition coefficient (Wildman–Crippen LogP) is 10.8. The van der Waals surface area contributed by atoms with E-state index in [4.69, 9.17) is 0 Å². The Morgan fingerprint density at radius 2 is 1.51 bits per heavy atom. The van der Waals surface area contributed by atoms with Crippen LogP contribution in [0.15, 0.2) is 102 Å². The van der Waals surface area contributed by atoms with Gasteiger partial charge in [0.25, 0.3) is 0 Å². The lowest BCUT2D eigenvalue weighted by molar-refractivity contribution is 0.102. The monoisotopic (exact) mass is 760 g/mol. The van der Waals surface area contributed by atoms with Crippen LogP contribution in [0, 0.1) is 73.4 Å². The summed E-state index contributed by atoms with van der Waals surface area (Å²) in [6.07, 6.45) is 17.3. The van der Waals surface area contributed by atoms with Crippen molar-refractivity contribution in [2.24, 2.45) is 28.1 Å². The molecule has 248 valence electrons. The van der Waals surface area contributed by atoms with E-state index < -0.39 is 19.9 Å². The van der Waals surface area contributed by atoms with Crippen molar-refractivity contribution >= 4 is 22.6 Å². The molecular weight excluding hydrogens is 718 g/mol. The zero-order valence-electron chi connectivity index (χ0n) is 28.3. The van der Waals surface area contributed by atoms with Crippen molar-refractivity contribution in [3.63, 3.8) is 0 Å². The summed E-state index contributed by atoms with van der Waals surface area (Å²) in [6.45, 7) is 4.24. The van der Waals surface area contributed by atoms with Gasteiger partial charge in [0.05, 0.1) is 27.7 Å². The van der Waals surface area contributed by atoms with E-state index in [0.29, 0.717) is 19.3 Å². The summed E-state index contributed by atoms with van der Waals surface area (Å²) in [7, 11) is 0. The van der Waals surface area contributed by atoms with Crippen molar-refractivity contribution in [3.05, 3.63) is 119 Å². The molecule has 0 fully saturated rings. The van der Waals surface area contributed by atoms with Crippen LogP contribution in [0.3, 0.4) is 0 Å². The second-order valence-corrected chi connectivity index (χ2v) is 16.8. The Bertz CT molecular complexity index is 1850. The maximum Gasteiger partial charge on any atom is 0.168 e. The van der Waals surface area contributed by atoms with E-state index in [0.717, 1.165) is 48.0 Å². The van der Waals surface area contributed by atoms with Gasteiger partial charge in [-0.2, -0.15) is 21.0 Å². The molecule has 0 saturated carbocycles. The summed E-state index contributed by atoms with van der Waals surface area (Å²) >= 11 is 2.43. The molecule has 2 aromatic carbocycles. The van der Waals surface area contributed by atoms with Crippen molar-refractivity contribution in [2.75, 3.05) is 0 Å². The summed E-state index contributed by atoms with van der Waals surface area (Å²) in [5.41, 5.74) is 0.997. The predicted molar refractivity (Wildman–Crippen MR) is 198 cm³/mol. The first-order valence-electron chi connectivity index (χ1n) is 17.5. The molecule has 0 spiro atoms. The topological polar surface area (TPSA) is 95.2 Å². The van der Waals surface area contributed by atoms with Gasteiger partial charge in [0.1, 0.15) is 5.67 Å². The van der Waals surface area contributed by atoms with Crippen LogP contribution in [0.25, 0.3) is 0 Å². The second kappa shape index (κ2) is 13.4. The Labute approximate surface area is 304 Å². The van der Waals surface area contributed by atoms with Gasteiger partial charge in [-0.15, -0.1) is 0 Å². The van der Waals surface area contributed by atoms with E-state index >= 15 is 4.39 Å². The number of halogens is 2. The van der Waals surface area contributed by atoms with Gasteiger partial charge in [0.2, 0.25) is 0 Å². The molecule has 0 amide bonds. The largest absolute Gasteiger partial charge is 0.244 e. The highest BCUT2D eigenvalue weighted by atomic mass is 127. The molecular formula is C43H42FIN4. The van der Waals surface area contributed by atoms with Crippen LogP contribution < -0.4 is 0 Å². The third-order valence-corrected chi connectivity index (χ3v) is 13.4. The number of hydrogen-bond acceptors (Lipinski definition) is 4. The molecule has 0 saturated heterocycles. The van der Waals surface area contributed by atoms with Gasteiger partial charge in [-0.1, -0.05) is 134 Å². The van der Waals surface area contributed by atoms with Crippen LogP contribution in [0.1, 0.15) is 87.8 Å². The van der Waals surface area contributed by atoms with Crippen LogP contribution in [0.5, 0.6) is 0 Å². The lowest BCUT2D eigenvalue weighted by atomic mass is 9.61. The molecule has 4 aliphatic carbocycles. The Hall–Kier alpha value is -3.98. The maximum absolute atomic E-state index is 16.2. The minimum atomic E-state index is -1.37.